The highest BCUT2D eigenvalue weighted by atomic mass is 79.9. The minimum Gasteiger partial charge on any atom is -0.453 e. The average molecular weight is 303 g/mol. The second kappa shape index (κ2) is 5.81. The topological polar surface area (TPSA) is 50.4 Å². The van der Waals surface area contributed by atoms with E-state index in [1.165, 1.54) is 7.11 Å². The van der Waals surface area contributed by atoms with Gasteiger partial charge in [0.25, 0.3) is 0 Å². The normalized spacial score (nSPS) is 9.44. The summed E-state index contributed by atoms with van der Waals surface area (Å²) in [4.78, 5) is 10.9. The summed E-state index contributed by atoms with van der Waals surface area (Å²) in [7, 11) is 1.28. The first kappa shape index (κ1) is 12.9. The van der Waals surface area contributed by atoms with E-state index in [9.17, 15) is 4.79 Å². The van der Waals surface area contributed by atoms with E-state index in [1.807, 2.05) is 25.1 Å². The third-order valence-corrected chi connectivity index (χ3v) is 2.54. The molecule has 0 saturated heterocycles. The predicted octanol–water partition coefficient (Wildman–Crippen LogP) is 2.81. The van der Waals surface area contributed by atoms with Crippen molar-refractivity contribution in [3.05, 3.63) is 28.2 Å². The molecule has 0 fully saturated rings. The molecule has 0 unspecified atom stereocenters. The van der Waals surface area contributed by atoms with Gasteiger partial charge < -0.3 is 10.1 Å². The molecule has 16 heavy (non-hydrogen) atoms. The summed E-state index contributed by atoms with van der Waals surface area (Å²) in [5.74, 6) is 0. The maximum Gasteiger partial charge on any atom is 0.413 e. The van der Waals surface area contributed by atoms with E-state index in [4.69, 9.17) is 12.2 Å². The van der Waals surface area contributed by atoms with Crippen LogP contribution in [-0.2, 0) is 4.74 Å². The highest BCUT2D eigenvalue weighted by Gasteiger charge is 2.05. The lowest BCUT2D eigenvalue weighted by molar-refractivity contribution is 0.177. The van der Waals surface area contributed by atoms with E-state index in [0.717, 1.165) is 15.7 Å². The molecule has 4 nitrogen and oxygen atoms in total. The van der Waals surface area contributed by atoms with Crippen molar-refractivity contribution in [2.75, 3.05) is 12.4 Å². The molecular weight excluding hydrogens is 292 g/mol. The second-order valence-electron chi connectivity index (χ2n) is 3.03. The highest BCUT2D eigenvalue weighted by molar-refractivity contribution is 9.10. The molecule has 0 radical (unpaired) electrons. The van der Waals surface area contributed by atoms with Gasteiger partial charge in [-0.3, -0.25) is 5.32 Å². The van der Waals surface area contributed by atoms with Crippen molar-refractivity contribution in [1.29, 1.82) is 0 Å². The molecule has 0 atom stereocenters. The highest BCUT2D eigenvalue weighted by Crippen LogP contribution is 2.19. The standard InChI is InChI=1S/C10H11BrN2O2S/c1-6-5-7(11)3-4-8(6)12-9(16)13-10(14)15-2/h3-5H,1-2H3,(H2,12,13,14,16). The molecule has 0 aliphatic heterocycles. The van der Waals surface area contributed by atoms with Crippen molar-refractivity contribution in [3.63, 3.8) is 0 Å². The lowest BCUT2D eigenvalue weighted by atomic mass is 10.2. The number of halogens is 1. The summed E-state index contributed by atoms with van der Waals surface area (Å²) in [5.41, 5.74) is 1.85. The number of methoxy groups -OCH3 is 1. The van der Waals surface area contributed by atoms with Gasteiger partial charge in [0, 0.05) is 10.2 Å². The predicted molar refractivity (Wildman–Crippen MR) is 70.6 cm³/mol. The maximum atomic E-state index is 10.9. The van der Waals surface area contributed by atoms with Gasteiger partial charge >= 0.3 is 6.09 Å². The summed E-state index contributed by atoms with van der Waals surface area (Å²) in [6, 6.07) is 5.70. The molecule has 0 heterocycles. The number of thiocarbonyl (C=S) groups is 1. The largest absolute Gasteiger partial charge is 0.453 e. The Morgan fingerprint density at radius 1 is 1.50 bits per heavy atom. The van der Waals surface area contributed by atoms with Crippen LogP contribution >= 0.6 is 28.1 Å². The third-order valence-electron chi connectivity index (χ3n) is 1.84. The molecule has 0 bridgehead atoms. The smallest absolute Gasteiger partial charge is 0.413 e. The Hall–Kier alpha value is -1.14. The molecule has 1 aromatic rings. The summed E-state index contributed by atoms with van der Waals surface area (Å²) < 4.78 is 5.41. The number of nitrogens with one attached hydrogen (secondary N) is 2. The second-order valence-corrected chi connectivity index (χ2v) is 4.35. The molecule has 86 valence electrons. The average Bonchev–Trinajstić information content (AvgIpc) is 2.22. The quantitative estimate of drug-likeness (QED) is 0.783. The van der Waals surface area contributed by atoms with Crippen LogP contribution < -0.4 is 10.6 Å². The molecule has 2 N–H and O–H groups in total. The van der Waals surface area contributed by atoms with E-state index in [2.05, 4.69) is 31.3 Å². The molecule has 1 rings (SSSR count). The van der Waals surface area contributed by atoms with Crippen molar-refractivity contribution in [1.82, 2.24) is 5.32 Å². The number of carbonyl (C=O) groups excluding carboxylic acids is 1. The monoisotopic (exact) mass is 302 g/mol. The minimum atomic E-state index is -0.590. The first-order chi connectivity index (χ1) is 7.52. The number of hydrogen-bond donors (Lipinski definition) is 2. The molecule has 0 saturated carbocycles. The van der Waals surface area contributed by atoms with Gasteiger partial charge in [0.15, 0.2) is 5.11 Å². The fraction of sp³-hybridized carbons (Fsp3) is 0.200. The zero-order chi connectivity index (χ0) is 12.1. The van der Waals surface area contributed by atoms with Crippen LogP contribution in [0.5, 0.6) is 0 Å². The van der Waals surface area contributed by atoms with Crippen LogP contribution in [0.25, 0.3) is 0 Å². The molecule has 6 heteroatoms. The molecule has 0 aliphatic rings. The van der Waals surface area contributed by atoms with Gasteiger partial charge in [-0.25, -0.2) is 4.79 Å². The van der Waals surface area contributed by atoms with Crippen LogP contribution in [0.1, 0.15) is 5.56 Å². The SMILES string of the molecule is COC(=O)NC(=S)Nc1ccc(Br)cc1C. The Kier molecular flexibility index (Phi) is 4.70. The number of amides is 1. The Morgan fingerprint density at radius 3 is 2.75 bits per heavy atom. The van der Waals surface area contributed by atoms with Crippen LogP contribution in [0.15, 0.2) is 22.7 Å². The number of aryl methyl sites for hydroxylation is 1. The maximum absolute atomic E-state index is 10.9. The number of hydrogen-bond acceptors (Lipinski definition) is 3. The first-order valence-corrected chi connectivity index (χ1v) is 5.65. The van der Waals surface area contributed by atoms with E-state index < -0.39 is 6.09 Å². The lowest BCUT2D eigenvalue weighted by Crippen LogP contribution is -2.34. The van der Waals surface area contributed by atoms with Crippen LogP contribution in [-0.4, -0.2) is 18.3 Å². The number of benzene rings is 1. The third kappa shape index (κ3) is 3.79. The summed E-state index contributed by atoms with van der Waals surface area (Å²) in [5, 5.41) is 5.47. The van der Waals surface area contributed by atoms with Gasteiger partial charge in [-0.1, -0.05) is 15.9 Å². The summed E-state index contributed by atoms with van der Waals surface area (Å²) in [6.45, 7) is 1.94. The molecule has 0 aromatic heterocycles. The Morgan fingerprint density at radius 2 is 2.19 bits per heavy atom. The number of alkyl carbamates (subject to hydrolysis) is 1. The lowest BCUT2D eigenvalue weighted by Gasteiger charge is -2.11. The molecule has 0 aliphatic carbocycles. The molecule has 1 aromatic carbocycles. The van der Waals surface area contributed by atoms with Crippen LogP contribution in [0.3, 0.4) is 0 Å². The van der Waals surface area contributed by atoms with Gasteiger partial charge in [-0.2, -0.15) is 0 Å². The van der Waals surface area contributed by atoms with Crippen molar-refractivity contribution in [3.8, 4) is 0 Å². The summed E-state index contributed by atoms with van der Waals surface area (Å²) in [6.07, 6.45) is -0.590. The first-order valence-electron chi connectivity index (χ1n) is 4.45. The van der Waals surface area contributed by atoms with Crippen molar-refractivity contribution in [2.45, 2.75) is 6.92 Å². The zero-order valence-electron chi connectivity index (χ0n) is 8.83. The van der Waals surface area contributed by atoms with Crippen molar-refractivity contribution < 1.29 is 9.53 Å². The van der Waals surface area contributed by atoms with Crippen molar-refractivity contribution >= 4 is 45.0 Å². The fourth-order valence-corrected chi connectivity index (χ4v) is 1.73. The fourth-order valence-electron chi connectivity index (χ4n) is 1.06. The summed E-state index contributed by atoms with van der Waals surface area (Å²) >= 11 is 8.30. The Balaban J connectivity index is 2.66. The number of anilines is 1. The zero-order valence-corrected chi connectivity index (χ0v) is 11.2. The minimum absolute atomic E-state index is 0.206. The van der Waals surface area contributed by atoms with Gasteiger partial charge in [0.05, 0.1) is 7.11 Å². The van der Waals surface area contributed by atoms with Crippen LogP contribution in [0.2, 0.25) is 0 Å². The van der Waals surface area contributed by atoms with Gasteiger partial charge in [-0.05, 0) is 42.9 Å². The van der Waals surface area contributed by atoms with Gasteiger partial charge in [0.1, 0.15) is 0 Å². The molecule has 1 amide bonds. The molecule has 0 spiro atoms. The Bertz CT molecular complexity index is 423. The number of rotatable bonds is 1. The van der Waals surface area contributed by atoms with E-state index >= 15 is 0 Å². The van der Waals surface area contributed by atoms with Gasteiger partial charge in [-0.15, -0.1) is 0 Å². The van der Waals surface area contributed by atoms with E-state index in [-0.39, 0.29) is 5.11 Å². The van der Waals surface area contributed by atoms with Crippen LogP contribution in [0, 0.1) is 6.92 Å². The van der Waals surface area contributed by atoms with E-state index in [1.54, 1.807) is 0 Å². The number of ether oxygens (including phenoxy) is 1. The van der Waals surface area contributed by atoms with E-state index in [0.29, 0.717) is 0 Å². The van der Waals surface area contributed by atoms with Crippen LogP contribution in [0.4, 0.5) is 10.5 Å². The van der Waals surface area contributed by atoms with Gasteiger partial charge in [0.2, 0.25) is 0 Å². The number of carbonyl (C=O) groups is 1. The molecular formula is C10H11BrN2O2S. The Labute approximate surface area is 107 Å². The van der Waals surface area contributed by atoms with Crippen molar-refractivity contribution in [2.24, 2.45) is 0 Å².